The van der Waals surface area contributed by atoms with Crippen molar-refractivity contribution in [3.8, 4) is 0 Å². The Hall–Kier alpha value is -0.920. The zero-order chi connectivity index (χ0) is 13.1. The second kappa shape index (κ2) is 5.81. The molecule has 2 aromatic rings. The molecule has 3 nitrogen and oxygen atoms in total. The SMILES string of the molecule is NC(=S)c1cccc(Nc2cc(I)ccc2Cl)n1. The summed E-state index contributed by atoms with van der Waals surface area (Å²) in [6, 6.07) is 11.2. The molecule has 18 heavy (non-hydrogen) atoms. The molecule has 0 aliphatic rings. The first-order chi connectivity index (χ1) is 8.56. The van der Waals surface area contributed by atoms with Crippen LogP contribution in [0.1, 0.15) is 5.69 Å². The summed E-state index contributed by atoms with van der Waals surface area (Å²) in [6.07, 6.45) is 0. The Bertz CT molecular complexity index is 604. The van der Waals surface area contributed by atoms with Gasteiger partial charge in [-0.25, -0.2) is 4.98 Å². The fraction of sp³-hybridized carbons (Fsp3) is 0. The Morgan fingerprint density at radius 1 is 1.33 bits per heavy atom. The van der Waals surface area contributed by atoms with Crippen molar-refractivity contribution in [3.05, 3.63) is 50.7 Å². The standard InChI is InChI=1S/C12H9ClIN3S/c13-8-5-4-7(14)6-10(8)17-11-3-1-2-9(16-11)12(15)18/h1-6H,(H2,15,18)(H,16,17). The van der Waals surface area contributed by atoms with Crippen molar-refractivity contribution in [2.24, 2.45) is 5.73 Å². The number of nitrogens with one attached hydrogen (secondary N) is 1. The number of nitrogens with zero attached hydrogens (tertiary/aromatic N) is 1. The molecule has 0 spiro atoms. The molecule has 0 saturated carbocycles. The fourth-order valence-electron chi connectivity index (χ4n) is 1.37. The molecule has 0 aliphatic carbocycles. The van der Waals surface area contributed by atoms with Gasteiger partial charge < -0.3 is 11.1 Å². The quantitative estimate of drug-likeness (QED) is 0.620. The highest BCUT2D eigenvalue weighted by Crippen LogP contribution is 2.26. The average molecular weight is 390 g/mol. The van der Waals surface area contributed by atoms with E-state index in [2.05, 4.69) is 32.9 Å². The minimum absolute atomic E-state index is 0.271. The number of rotatable bonds is 3. The summed E-state index contributed by atoms with van der Waals surface area (Å²) in [5, 5.41) is 3.78. The third-order valence-corrected chi connectivity index (χ3v) is 3.40. The predicted molar refractivity (Wildman–Crippen MR) is 87.6 cm³/mol. The van der Waals surface area contributed by atoms with Gasteiger partial charge in [0.05, 0.1) is 16.4 Å². The van der Waals surface area contributed by atoms with Crippen LogP contribution in [0, 0.1) is 3.57 Å². The summed E-state index contributed by atoms with van der Waals surface area (Å²) < 4.78 is 1.09. The lowest BCUT2D eigenvalue weighted by Crippen LogP contribution is -2.12. The molecule has 6 heteroatoms. The smallest absolute Gasteiger partial charge is 0.131 e. The molecule has 2 rings (SSSR count). The van der Waals surface area contributed by atoms with Crippen molar-refractivity contribution < 1.29 is 0 Å². The number of thiocarbonyl (C=S) groups is 1. The molecule has 0 bridgehead atoms. The van der Waals surface area contributed by atoms with Gasteiger partial charge in [0.1, 0.15) is 10.8 Å². The third-order valence-electron chi connectivity index (χ3n) is 2.19. The Labute approximate surface area is 129 Å². The van der Waals surface area contributed by atoms with Crippen LogP contribution in [0.3, 0.4) is 0 Å². The molecule has 0 saturated heterocycles. The Balaban J connectivity index is 2.31. The van der Waals surface area contributed by atoms with Crippen molar-refractivity contribution in [2.75, 3.05) is 5.32 Å². The van der Waals surface area contributed by atoms with Gasteiger partial charge in [-0.1, -0.05) is 29.9 Å². The van der Waals surface area contributed by atoms with E-state index in [1.807, 2.05) is 30.3 Å². The van der Waals surface area contributed by atoms with Crippen LogP contribution in [0.15, 0.2) is 36.4 Å². The van der Waals surface area contributed by atoms with Crippen molar-refractivity contribution >= 4 is 62.9 Å². The van der Waals surface area contributed by atoms with E-state index in [9.17, 15) is 0 Å². The van der Waals surface area contributed by atoms with Crippen LogP contribution in [-0.4, -0.2) is 9.97 Å². The zero-order valence-electron chi connectivity index (χ0n) is 9.15. The zero-order valence-corrected chi connectivity index (χ0v) is 12.9. The normalized spacial score (nSPS) is 10.1. The predicted octanol–water partition coefficient (Wildman–Crippen LogP) is 3.72. The van der Waals surface area contributed by atoms with Gasteiger partial charge in [0, 0.05) is 3.57 Å². The summed E-state index contributed by atoms with van der Waals surface area (Å²) in [4.78, 5) is 4.57. The Morgan fingerprint density at radius 2 is 2.11 bits per heavy atom. The van der Waals surface area contributed by atoms with Crippen LogP contribution in [0.5, 0.6) is 0 Å². The lowest BCUT2D eigenvalue weighted by atomic mass is 10.3. The monoisotopic (exact) mass is 389 g/mol. The van der Waals surface area contributed by atoms with Crippen LogP contribution in [0.2, 0.25) is 5.02 Å². The molecule has 0 radical (unpaired) electrons. The molecule has 0 atom stereocenters. The largest absolute Gasteiger partial charge is 0.388 e. The summed E-state index contributed by atoms with van der Waals surface area (Å²) in [5.74, 6) is 0.657. The van der Waals surface area contributed by atoms with Gasteiger partial charge in [-0.3, -0.25) is 0 Å². The topological polar surface area (TPSA) is 50.9 Å². The second-order valence-electron chi connectivity index (χ2n) is 3.52. The first-order valence-electron chi connectivity index (χ1n) is 5.05. The fourth-order valence-corrected chi connectivity index (χ4v) is 2.14. The number of nitrogens with two attached hydrogens (primary N) is 1. The van der Waals surface area contributed by atoms with E-state index in [0.29, 0.717) is 16.5 Å². The Kier molecular flexibility index (Phi) is 4.36. The highest BCUT2D eigenvalue weighted by Gasteiger charge is 2.04. The van der Waals surface area contributed by atoms with Crippen LogP contribution >= 0.6 is 46.4 Å². The molecule has 0 amide bonds. The van der Waals surface area contributed by atoms with E-state index in [1.54, 1.807) is 6.07 Å². The molecular weight excluding hydrogens is 381 g/mol. The van der Waals surface area contributed by atoms with Gasteiger partial charge >= 0.3 is 0 Å². The average Bonchev–Trinajstić information content (AvgIpc) is 2.34. The van der Waals surface area contributed by atoms with Crippen LogP contribution in [0.4, 0.5) is 11.5 Å². The molecule has 3 N–H and O–H groups in total. The summed E-state index contributed by atoms with van der Waals surface area (Å²) in [6.45, 7) is 0. The maximum atomic E-state index is 6.10. The van der Waals surface area contributed by atoms with Crippen LogP contribution < -0.4 is 11.1 Å². The lowest BCUT2D eigenvalue weighted by molar-refractivity contribution is 1.28. The van der Waals surface area contributed by atoms with E-state index >= 15 is 0 Å². The molecule has 0 aliphatic heterocycles. The molecule has 1 aromatic heterocycles. The maximum absolute atomic E-state index is 6.10. The first kappa shape index (κ1) is 13.5. The minimum atomic E-state index is 0.271. The number of halogens is 2. The van der Waals surface area contributed by atoms with Crippen molar-refractivity contribution in [1.29, 1.82) is 0 Å². The minimum Gasteiger partial charge on any atom is -0.388 e. The first-order valence-corrected chi connectivity index (χ1v) is 6.91. The van der Waals surface area contributed by atoms with Crippen molar-refractivity contribution in [3.63, 3.8) is 0 Å². The van der Waals surface area contributed by atoms with E-state index < -0.39 is 0 Å². The molecule has 1 aromatic carbocycles. The van der Waals surface area contributed by atoms with Crippen LogP contribution in [-0.2, 0) is 0 Å². The highest BCUT2D eigenvalue weighted by molar-refractivity contribution is 14.1. The lowest BCUT2D eigenvalue weighted by Gasteiger charge is -2.09. The van der Waals surface area contributed by atoms with E-state index in [0.717, 1.165) is 9.26 Å². The maximum Gasteiger partial charge on any atom is 0.131 e. The van der Waals surface area contributed by atoms with Crippen molar-refractivity contribution in [1.82, 2.24) is 4.98 Å². The van der Waals surface area contributed by atoms with Gasteiger partial charge in [-0.2, -0.15) is 0 Å². The van der Waals surface area contributed by atoms with Gasteiger partial charge in [0.15, 0.2) is 0 Å². The summed E-state index contributed by atoms with van der Waals surface area (Å²) >= 11 is 13.2. The summed E-state index contributed by atoms with van der Waals surface area (Å²) in [5.41, 5.74) is 6.93. The highest BCUT2D eigenvalue weighted by atomic mass is 127. The summed E-state index contributed by atoms with van der Waals surface area (Å²) in [7, 11) is 0. The van der Waals surface area contributed by atoms with E-state index in [4.69, 9.17) is 29.6 Å². The Morgan fingerprint density at radius 3 is 2.83 bits per heavy atom. The number of pyridine rings is 1. The number of aromatic nitrogens is 1. The van der Waals surface area contributed by atoms with E-state index in [-0.39, 0.29) is 4.99 Å². The van der Waals surface area contributed by atoms with Gasteiger partial charge in [-0.05, 0) is 52.9 Å². The number of benzene rings is 1. The molecule has 0 unspecified atom stereocenters. The number of hydrogen-bond donors (Lipinski definition) is 2. The molecule has 1 heterocycles. The number of anilines is 2. The van der Waals surface area contributed by atoms with Crippen LogP contribution in [0.25, 0.3) is 0 Å². The van der Waals surface area contributed by atoms with E-state index in [1.165, 1.54) is 0 Å². The van der Waals surface area contributed by atoms with Gasteiger partial charge in [0.2, 0.25) is 0 Å². The molecule has 92 valence electrons. The molecule has 0 fully saturated rings. The van der Waals surface area contributed by atoms with Gasteiger partial charge in [0.25, 0.3) is 0 Å². The number of hydrogen-bond acceptors (Lipinski definition) is 3. The molecular formula is C12H9ClIN3S. The second-order valence-corrected chi connectivity index (χ2v) is 5.61. The van der Waals surface area contributed by atoms with Crippen molar-refractivity contribution in [2.45, 2.75) is 0 Å². The third kappa shape index (κ3) is 3.30. The van der Waals surface area contributed by atoms with Gasteiger partial charge in [-0.15, -0.1) is 0 Å².